The maximum absolute atomic E-state index is 12.8. The molecule has 1 N–H and O–H groups in total. The predicted octanol–water partition coefficient (Wildman–Crippen LogP) is 5.38. The molecule has 0 fully saturated rings. The zero-order chi connectivity index (χ0) is 24.3. The van der Waals surface area contributed by atoms with Gasteiger partial charge in [0.2, 0.25) is 10.0 Å². The molecule has 33 heavy (non-hydrogen) atoms. The third-order valence-electron chi connectivity index (χ3n) is 5.87. The molecule has 1 amide bonds. The lowest BCUT2D eigenvalue weighted by atomic mass is 10.00. The van der Waals surface area contributed by atoms with E-state index in [2.05, 4.69) is 11.4 Å². The van der Waals surface area contributed by atoms with Crippen LogP contribution >= 0.6 is 0 Å². The number of nitrogens with zero attached hydrogens (tertiary/aromatic N) is 1. The number of aryl methyl sites for hydroxylation is 4. The van der Waals surface area contributed by atoms with Gasteiger partial charge in [0.1, 0.15) is 0 Å². The van der Waals surface area contributed by atoms with E-state index in [0.29, 0.717) is 11.3 Å². The summed E-state index contributed by atoms with van der Waals surface area (Å²) >= 11 is 0. The molecule has 0 spiro atoms. The van der Waals surface area contributed by atoms with Crippen LogP contribution in [0.1, 0.15) is 56.7 Å². The Morgan fingerprint density at radius 2 is 1.52 bits per heavy atom. The van der Waals surface area contributed by atoms with Gasteiger partial charge in [-0.1, -0.05) is 54.1 Å². The van der Waals surface area contributed by atoms with E-state index in [9.17, 15) is 13.2 Å². The number of hydrogen-bond donors (Lipinski definition) is 1. The van der Waals surface area contributed by atoms with Crippen LogP contribution in [-0.4, -0.2) is 20.6 Å². The van der Waals surface area contributed by atoms with Crippen molar-refractivity contribution in [2.45, 2.75) is 47.2 Å². The molecule has 3 aromatic carbocycles. The Hall–Kier alpha value is -3.12. The number of nitrogens with one attached hydrogen (secondary N) is 1. The molecular weight excluding hydrogens is 432 g/mol. The molecule has 0 radical (unpaired) electrons. The largest absolute Gasteiger partial charge is 0.346 e. The zero-order valence-corrected chi connectivity index (χ0v) is 21.0. The SMILES string of the molecule is Cc1ccc([C@H](C)NC(=O)c2ccc(CN(c3c(C)cccc3C)S(C)(=O)=O)cc2)c(C)c1. The van der Waals surface area contributed by atoms with Crippen molar-refractivity contribution in [1.82, 2.24) is 5.32 Å². The Morgan fingerprint density at radius 1 is 0.909 bits per heavy atom. The van der Waals surface area contributed by atoms with E-state index in [1.807, 2.05) is 77.1 Å². The summed E-state index contributed by atoms with van der Waals surface area (Å²) in [7, 11) is -3.49. The van der Waals surface area contributed by atoms with Crippen LogP contribution in [0.3, 0.4) is 0 Å². The first-order valence-electron chi connectivity index (χ1n) is 11.0. The van der Waals surface area contributed by atoms with E-state index in [1.165, 1.54) is 16.1 Å². The summed E-state index contributed by atoms with van der Waals surface area (Å²) in [6.07, 6.45) is 1.22. The third kappa shape index (κ3) is 5.82. The van der Waals surface area contributed by atoms with Gasteiger partial charge in [0.25, 0.3) is 5.91 Å². The van der Waals surface area contributed by atoms with Crippen LogP contribution in [0.4, 0.5) is 5.69 Å². The van der Waals surface area contributed by atoms with Crippen molar-refractivity contribution >= 4 is 21.6 Å². The quantitative estimate of drug-likeness (QED) is 0.511. The van der Waals surface area contributed by atoms with Crippen LogP contribution in [0.2, 0.25) is 0 Å². The van der Waals surface area contributed by atoms with Crippen molar-refractivity contribution in [1.29, 1.82) is 0 Å². The molecule has 0 aliphatic rings. The molecule has 1 atom stereocenters. The minimum Gasteiger partial charge on any atom is -0.346 e. The Balaban J connectivity index is 1.78. The lowest BCUT2D eigenvalue weighted by Crippen LogP contribution is -2.30. The fourth-order valence-electron chi connectivity index (χ4n) is 4.16. The molecule has 0 heterocycles. The van der Waals surface area contributed by atoms with Crippen LogP contribution in [-0.2, 0) is 16.6 Å². The van der Waals surface area contributed by atoms with Crippen LogP contribution in [0, 0.1) is 27.7 Å². The Morgan fingerprint density at radius 3 is 2.06 bits per heavy atom. The van der Waals surface area contributed by atoms with E-state index >= 15 is 0 Å². The fourth-order valence-corrected chi connectivity index (χ4v) is 5.16. The Bertz CT molecular complexity index is 1240. The van der Waals surface area contributed by atoms with Crippen LogP contribution in [0.25, 0.3) is 0 Å². The van der Waals surface area contributed by atoms with E-state index in [-0.39, 0.29) is 18.5 Å². The number of carbonyl (C=O) groups is 1. The summed E-state index contributed by atoms with van der Waals surface area (Å²) in [4.78, 5) is 12.8. The minimum atomic E-state index is -3.49. The molecule has 0 bridgehead atoms. The number of anilines is 1. The standard InChI is InChI=1S/C27H32N2O3S/c1-18-10-15-25(21(4)16-18)22(5)28-27(30)24-13-11-23(12-14-24)17-29(33(6,31)32)26-19(2)8-7-9-20(26)3/h7-16,22H,17H2,1-6H3,(H,28,30)/t22-/m0/s1. The summed E-state index contributed by atoms with van der Waals surface area (Å²) < 4.78 is 26.6. The van der Waals surface area contributed by atoms with Gasteiger partial charge >= 0.3 is 0 Å². The van der Waals surface area contributed by atoms with Gasteiger partial charge in [-0.05, 0) is 74.6 Å². The van der Waals surface area contributed by atoms with Crippen molar-refractivity contribution < 1.29 is 13.2 Å². The fraction of sp³-hybridized carbons (Fsp3) is 0.296. The van der Waals surface area contributed by atoms with Crippen molar-refractivity contribution in [3.63, 3.8) is 0 Å². The Labute approximate surface area is 197 Å². The van der Waals surface area contributed by atoms with E-state index in [1.54, 1.807) is 12.1 Å². The number of benzene rings is 3. The minimum absolute atomic E-state index is 0.123. The monoisotopic (exact) mass is 464 g/mol. The van der Waals surface area contributed by atoms with Crippen molar-refractivity contribution in [2.75, 3.05) is 10.6 Å². The third-order valence-corrected chi connectivity index (χ3v) is 6.98. The molecule has 0 aliphatic carbocycles. The van der Waals surface area contributed by atoms with Gasteiger partial charge in [-0.25, -0.2) is 8.42 Å². The first-order valence-corrected chi connectivity index (χ1v) is 12.8. The number of carbonyl (C=O) groups excluding carboxylic acids is 1. The molecule has 0 saturated carbocycles. The number of hydrogen-bond acceptors (Lipinski definition) is 3. The summed E-state index contributed by atoms with van der Waals surface area (Å²) in [5.41, 5.74) is 7.26. The van der Waals surface area contributed by atoms with Crippen molar-refractivity contribution in [3.8, 4) is 0 Å². The van der Waals surface area contributed by atoms with Crippen LogP contribution in [0.5, 0.6) is 0 Å². The number of para-hydroxylation sites is 1. The van der Waals surface area contributed by atoms with Crippen LogP contribution < -0.4 is 9.62 Å². The maximum atomic E-state index is 12.8. The molecule has 6 heteroatoms. The highest BCUT2D eigenvalue weighted by Crippen LogP contribution is 2.28. The molecular formula is C27H32N2O3S. The predicted molar refractivity (Wildman–Crippen MR) is 135 cm³/mol. The second-order valence-corrected chi connectivity index (χ2v) is 10.7. The van der Waals surface area contributed by atoms with Gasteiger partial charge in [-0.2, -0.15) is 0 Å². The smallest absolute Gasteiger partial charge is 0.251 e. The molecule has 0 aromatic heterocycles. The topological polar surface area (TPSA) is 66.5 Å². The molecule has 174 valence electrons. The zero-order valence-electron chi connectivity index (χ0n) is 20.1. The van der Waals surface area contributed by atoms with Gasteiger partial charge in [-0.3, -0.25) is 9.10 Å². The maximum Gasteiger partial charge on any atom is 0.251 e. The van der Waals surface area contributed by atoms with Gasteiger partial charge in [-0.15, -0.1) is 0 Å². The van der Waals surface area contributed by atoms with E-state index < -0.39 is 10.0 Å². The lowest BCUT2D eigenvalue weighted by Gasteiger charge is -2.26. The Kier molecular flexibility index (Phi) is 7.28. The summed E-state index contributed by atoms with van der Waals surface area (Å²) in [6, 6.07) is 18.9. The van der Waals surface area contributed by atoms with Crippen LogP contribution in [0.15, 0.2) is 60.7 Å². The second-order valence-electron chi connectivity index (χ2n) is 8.76. The van der Waals surface area contributed by atoms with Gasteiger partial charge in [0.05, 0.1) is 24.5 Å². The molecule has 3 aromatic rings. The average Bonchev–Trinajstić information content (AvgIpc) is 2.72. The molecule has 3 rings (SSSR count). The van der Waals surface area contributed by atoms with Gasteiger partial charge in [0, 0.05) is 5.56 Å². The normalized spacial score (nSPS) is 12.3. The van der Waals surface area contributed by atoms with Crippen molar-refractivity contribution in [3.05, 3.63) is 99.6 Å². The molecule has 0 aliphatic heterocycles. The van der Waals surface area contributed by atoms with Crippen molar-refractivity contribution in [2.24, 2.45) is 0 Å². The molecule has 0 unspecified atom stereocenters. The summed E-state index contributed by atoms with van der Waals surface area (Å²) in [5, 5.41) is 3.05. The highest BCUT2D eigenvalue weighted by molar-refractivity contribution is 7.92. The van der Waals surface area contributed by atoms with Gasteiger partial charge < -0.3 is 5.32 Å². The number of rotatable bonds is 7. The highest BCUT2D eigenvalue weighted by atomic mass is 32.2. The summed E-state index contributed by atoms with van der Waals surface area (Å²) in [5.74, 6) is -0.163. The average molecular weight is 465 g/mol. The van der Waals surface area contributed by atoms with E-state index in [0.717, 1.165) is 27.8 Å². The van der Waals surface area contributed by atoms with Gasteiger partial charge in [0.15, 0.2) is 0 Å². The molecule has 5 nitrogen and oxygen atoms in total. The number of amides is 1. The number of sulfonamides is 1. The summed E-state index contributed by atoms with van der Waals surface area (Å²) in [6.45, 7) is 10.1. The highest BCUT2D eigenvalue weighted by Gasteiger charge is 2.21. The molecule has 0 saturated heterocycles. The first kappa shape index (κ1) is 24.5. The first-order chi connectivity index (χ1) is 15.5. The second kappa shape index (κ2) is 9.79. The lowest BCUT2D eigenvalue weighted by molar-refractivity contribution is 0.0940. The van der Waals surface area contributed by atoms with E-state index in [4.69, 9.17) is 0 Å².